The van der Waals surface area contributed by atoms with Gasteiger partial charge in [-0.3, -0.25) is 0 Å². The Bertz CT molecular complexity index is 285. The first kappa shape index (κ1) is 12.8. The number of nitrogens with one attached hydrogen (secondary N) is 1. The standard InChI is InChI=1S/C12H21N3O/c1-15(2)8-10-16-9-7-14-12-5-3-11(13)4-6-12/h3-6,14H,7-10,13H2,1-2H3. The summed E-state index contributed by atoms with van der Waals surface area (Å²) in [6, 6.07) is 7.70. The molecule has 1 aromatic rings. The van der Waals surface area contributed by atoms with Gasteiger partial charge in [0, 0.05) is 24.5 Å². The minimum absolute atomic E-state index is 0.720. The lowest BCUT2D eigenvalue weighted by Gasteiger charge is -2.10. The van der Waals surface area contributed by atoms with Crippen molar-refractivity contribution in [2.75, 3.05) is 51.4 Å². The average Bonchev–Trinajstić information content (AvgIpc) is 2.25. The summed E-state index contributed by atoms with van der Waals surface area (Å²) in [5.41, 5.74) is 7.45. The van der Waals surface area contributed by atoms with Gasteiger partial charge >= 0.3 is 0 Å². The summed E-state index contributed by atoms with van der Waals surface area (Å²) in [4.78, 5) is 2.10. The van der Waals surface area contributed by atoms with E-state index in [1.165, 1.54) is 0 Å². The van der Waals surface area contributed by atoms with Crippen LogP contribution < -0.4 is 11.1 Å². The molecule has 0 bridgehead atoms. The smallest absolute Gasteiger partial charge is 0.0639 e. The van der Waals surface area contributed by atoms with E-state index in [1.807, 2.05) is 38.4 Å². The molecule has 4 heteroatoms. The van der Waals surface area contributed by atoms with Crippen molar-refractivity contribution in [2.24, 2.45) is 0 Å². The lowest BCUT2D eigenvalue weighted by molar-refractivity contribution is 0.126. The molecule has 4 nitrogen and oxygen atoms in total. The van der Waals surface area contributed by atoms with Crippen molar-refractivity contribution in [3.63, 3.8) is 0 Å². The first-order valence-electron chi connectivity index (χ1n) is 5.50. The minimum Gasteiger partial charge on any atom is -0.399 e. The molecule has 0 heterocycles. The number of nitrogens with two attached hydrogens (primary N) is 1. The van der Waals surface area contributed by atoms with Gasteiger partial charge in [0.15, 0.2) is 0 Å². The molecule has 90 valence electrons. The Balaban J connectivity index is 2.05. The lowest BCUT2D eigenvalue weighted by Crippen LogP contribution is -2.20. The monoisotopic (exact) mass is 223 g/mol. The highest BCUT2D eigenvalue weighted by Crippen LogP contribution is 2.09. The highest BCUT2D eigenvalue weighted by Gasteiger charge is 1.93. The van der Waals surface area contributed by atoms with Crippen LogP contribution in [-0.4, -0.2) is 45.3 Å². The van der Waals surface area contributed by atoms with E-state index >= 15 is 0 Å². The van der Waals surface area contributed by atoms with Crippen LogP contribution in [0.1, 0.15) is 0 Å². The number of nitrogens with zero attached hydrogens (tertiary/aromatic N) is 1. The second-order valence-electron chi connectivity index (χ2n) is 3.96. The summed E-state index contributed by atoms with van der Waals surface area (Å²) in [6.45, 7) is 3.27. The molecule has 0 aliphatic heterocycles. The maximum absolute atomic E-state index is 5.59. The SMILES string of the molecule is CN(C)CCOCCNc1ccc(N)cc1. The fourth-order valence-electron chi connectivity index (χ4n) is 1.22. The van der Waals surface area contributed by atoms with Crippen LogP contribution >= 0.6 is 0 Å². The number of nitrogen functional groups attached to an aromatic ring is 1. The predicted molar refractivity (Wildman–Crippen MR) is 68.7 cm³/mol. The Labute approximate surface area is 97.4 Å². The van der Waals surface area contributed by atoms with Crippen molar-refractivity contribution >= 4 is 11.4 Å². The van der Waals surface area contributed by atoms with Crippen molar-refractivity contribution in [3.05, 3.63) is 24.3 Å². The van der Waals surface area contributed by atoms with Crippen molar-refractivity contribution < 1.29 is 4.74 Å². The van der Waals surface area contributed by atoms with E-state index in [9.17, 15) is 0 Å². The first-order chi connectivity index (χ1) is 7.68. The average molecular weight is 223 g/mol. The highest BCUT2D eigenvalue weighted by molar-refractivity contribution is 5.51. The summed E-state index contributed by atoms with van der Waals surface area (Å²) >= 11 is 0. The number of ether oxygens (including phenoxy) is 1. The lowest BCUT2D eigenvalue weighted by atomic mass is 10.3. The molecule has 0 radical (unpaired) electrons. The summed E-state index contributed by atoms with van der Waals surface area (Å²) in [5.74, 6) is 0. The normalized spacial score (nSPS) is 10.7. The Morgan fingerprint density at radius 1 is 1.19 bits per heavy atom. The van der Waals surface area contributed by atoms with E-state index in [0.717, 1.165) is 37.7 Å². The van der Waals surface area contributed by atoms with Crippen LogP contribution in [-0.2, 0) is 4.74 Å². The third kappa shape index (κ3) is 5.58. The zero-order valence-electron chi connectivity index (χ0n) is 10.1. The van der Waals surface area contributed by atoms with Crippen LogP contribution in [0.3, 0.4) is 0 Å². The van der Waals surface area contributed by atoms with E-state index in [0.29, 0.717) is 0 Å². The zero-order chi connectivity index (χ0) is 11.8. The molecule has 16 heavy (non-hydrogen) atoms. The zero-order valence-corrected chi connectivity index (χ0v) is 10.1. The molecule has 3 N–H and O–H groups in total. The van der Waals surface area contributed by atoms with Crippen LogP contribution in [0.4, 0.5) is 11.4 Å². The molecule has 0 fully saturated rings. The van der Waals surface area contributed by atoms with E-state index in [1.54, 1.807) is 0 Å². The third-order valence-electron chi connectivity index (χ3n) is 2.17. The van der Waals surface area contributed by atoms with Crippen molar-refractivity contribution in [3.8, 4) is 0 Å². The van der Waals surface area contributed by atoms with Gasteiger partial charge in [-0.2, -0.15) is 0 Å². The molecule has 0 aliphatic rings. The molecule has 1 aromatic carbocycles. The quantitative estimate of drug-likeness (QED) is 0.540. The molecular weight excluding hydrogens is 202 g/mol. The van der Waals surface area contributed by atoms with Gasteiger partial charge in [0.1, 0.15) is 0 Å². The van der Waals surface area contributed by atoms with Crippen LogP contribution in [0.15, 0.2) is 24.3 Å². The van der Waals surface area contributed by atoms with Gasteiger partial charge in [-0.1, -0.05) is 0 Å². The molecular formula is C12H21N3O. The van der Waals surface area contributed by atoms with E-state index < -0.39 is 0 Å². The predicted octanol–water partition coefficient (Wildman–Crippen LogP) is 1.26. The number of hydrogen-bond acceptors (Lipinski definition) is 4. The number of rotatable bonds is 7. The second kappa shape index (κ2) is 7.09. The molecule has 0 saturated heterocycles. The Hall–Kier alpha value is -1.26. The number of benzene rings is 1. The van der Waals surface area contributed by atoms with Gasteiger partial charge in [0.2, 0.25) is 0 Å². The molecule has 0 amide bonds. The molecule has 1 rings (SSSR count). The van der Waals surface area contributed by atoms with Crippen molar-refractivity contribution in [1.82, 2.24) is 4.90 Å². The molecule has 0 spiro atoms. The second-order valence-corrected chi connectivity index (χ2v) is 3.96. The van der Waals surface area contributed by atoms with Gasteiger partial charge in [0.25, 0.3) is 0 Å². The van der Waals surface area contributed by atoms with E-state index in [-0.39, 0.29) is 0 Å². The third-order valence-corrected chi connectivity index (χ3v) is 2.17. The Morgan fingerprint density at radius 3 is 2.50 bits per heavy atom. The van der Waals surface area contributed by atoms with Crippen LogP contribution in [0.2, 0.25) is 0 Å². The topological polar surface area (TPSA) is 50.5 Å². The summed E-state index contributed by atoms with van der Waals surface area (Å²) in [6.07, 6.45) is 0. The van der Waals surface area contributed by atoms with Gasteiger partial charge < -0.3 is 20.7 Å². The first-order valence-corrected chi connectivity index (χ1v) is 5.50. The molecule has 0 unspecified atom stereocenters. The molecule has 0 aromatic heterocycles. The van der Waals surface area contributed by atoms with E-state index in [4.69, 9.17) is 10.5 Å². The van der Waals surface area contributed by atoms with E-state index in [2.05, 4.69) is 10.2 Å². The summed E-state index contributed by atoms with van der Waals surface area (Å²) in [5, 5.41) is 3.27. The maximum Gasteiger partial charge on any atom is 0.0639 e. The highest BCUT2D eigenvalue weighted by atomic mass is 16.5. The Morgan fingerprint density at radius 2 is 1.88 bits per heavy atom. The van der Waals surface area contributed by atoms with Crippen LogP contribution in [0.5, 0.6) is 0 Å². The number of likely N-dealkylation sites (N-methyl/N-ethyl adjacent to an activating group) is 1. The fraction of sp³-hybridized carbons (Fsp3) is 0.500. The Kier molecular flexibility index (Phi) is 5.67. The summed E-state index contributed by atoms with van der Waals surface area (Å²) in [7, 11) is 4.08. The largest absolute Gasteiger partial charge is 0.399 e. The van der Waals surface area contributed by atoms with Gasteiger partial charge in [-0.05, 0) is 38.4 Å². The van der Waals surface area contributed by atoms with Crippen LogP contribution in [0, 0.1) is 0 Å². The number of hydrogen-bond donors (Lipinski definition) is 2. The van der Waals surface area contributed by atoms with Gasteiger partial charge in [0.05, 0.1) is 13.2 Å². The molecule has 0 atom stereocenters. The van der Waals surface area contributed by atoms with Gasteiger partial charge in [-0.25, -0.2) is 0 Å². The minimum atomic E-state index is 0.720. The summed E-state index contributed by atoms with van der Waals surface area (Å²) < 4.78 is 5.46. The molecule has 0 aliphatic carbocycles. The molecule has 0 saturated carbocycles. The maximum atomic E-state index is 5.59. The fourth-order valence-corrected chi connectivity index (χ4v) is 1.22. The number of anilines is 2. The van der Waals surface area contributed by atoms with Crippen molar-refractivity contribution in [2.45, 2.75) is 0 Å². The van der Waals surface area contributed by atoms with Gasteiger partial charge in [-0.15, -0.1) is 0 Å². The van der Waals surface area contributed by atoms with Crippen LogP contribution in [0.25, 0.3) is 0 Å². The van der Waals surface area contributed by atoms with Crippen molar-refractivity contribution in [1.29, 1.82) is 0 Å².